The zero-order valence-corrected chi connectivity index (χ0v) is 14.9. The summed E-state index contributed by atoms with van der Waals surface area (Å²) in [7, 11) is 0. The van der Waals surface area contributed by atoms with Crippen LogP contribution in [0.1, 0.15) is 5.56 Å². The van der Waals surface area contributed by atoms with Gasteiger partial charge in [0.25, 0.3) is 0 Å². The lowest BCUT2D eigenvalue weighted by Gasteiger charge is -2.11. The van der Waals surface area contributed by atoms with Crippen LogP contribution in [0.4, 0.5) is 5.69 Å². The first-order valence-electron chi connectivity index (χ1n) is 7.54. The van der Waals surface area contributed by atoms with E-state index in [0.29, 0.717) is 11.5 Å². The highest BCUT2D eigenvalue weighted by Gasteiger charge is 2.09. The van der Waals surface area contributed by atoms with E-state index in [0.717, 1.165) is 21.9 Å². The molecule has 3 N–H and O–H groups in total. The fraction of sp³-hybridized carbons (Fsp3) is 0.235. The van der Waals surface area contributed by atoms with Crippen molar-refractivity contribution in [2.75, 3.05) is 17.1 Å². The number of hydrogen-bond acceptors (Lipinski definition) is 6. The molecule has 126 valence electrons. The van der Waals surface area contributed by atoms with Crippen molar-refractivity contribution in [1.29, 1.82) is 0 Å². The topological polar surface area (TPSA) is 70.2 Å². The van der Waals surface area contributed by atoms with E-state index in [2.05, 4.69) is 33.6 Å². The molecular weight excluding hydrogens is 342 g/mol. The standard InChI is InChI=1S/C17H19N3O2S2/c1-11-2-7-15-16(8-11)19-17(18-15)24-10-13(21)9-22-14-5-3-12(20-23)4-6-14/h2-8,13,20-21,23H,9-10H2,1H3,(H,18,19)/t13-/m1/s1. The largest absolute Gasteiger partial charge is 0.491 e. The zero-order chi connectivity index (χ0) is 16.9. The van der Waals surface area contributed by atoms with E-state index < -0.39 is 6.10 Å². The van der Waals surface area contributed by atoms with Gasteiger partial charge in [0.2, 0.25) is 0 Å². The van der Waals surface area contributed by atoms with E-state index in [1.54, 1.807) is 0 Å². The number of thioether (sulfide) groups is 1. The van der Waals surface area contributed by atoms with E-state index >= 15 is 0 Å². The number of aliphatic hydroxyl groups is 1. The van der Waals surface area contributed by atoms with Gasteiger partial charge < -0.3 is 19.5 Å². The number of aromatic amines is 1. The number of nitrogens with zero attached hydrogens (tertiary/aromatic N) is 1. The van der Waals surface area contributed by atoms with Crippen LogP contribution in [0, 0.1) is 6.92 Å². The Morgan fingerprint density at radius 3 is 2.83 bits per heavy atom. The molecule has 1 heterocycles. The average Bonchev–Trinajstić information content (AvgIpc) is 3.00. The number of ether oxygens (including phenoxy) is 1. The van der Waals surface area contributed by atoms with Gasteiger partial charge in [-0.25, -0.2) is 4.98 Å². The highest BCUT2D eigenvalue weighted by Crippen LogP contribution is 2.21. The normalized spacial score (nSPS) is 12.3. The smallest absolute Gasteiger partial charge is 0.166 e. The van der Waals surface area contributed by atoms with Gasteiger partial charge in [0.15, 0.2) is 5.16 Å². The minimum atomic E-state index is -0.576. The third-order valence-corrected chi connectivity index (χ3v) is 4.73. The average molecular weight is 361 g/mol. The molecule has 0 unspecified atom stereocenters. The van der Waals surface area contributed by atoms with Crippen LogP contribution in [-0.4, -0.2) is 33.5 Å². The number of nitrogens with one attached hydrogen (secondary N) is 2. The Labute approximate surface area is 150 Å². The number of hydrogen-bond donors (Lipinski definition) is 4. The molecule has 0 spiro atoms. The summed E-state index contributed by atoms with van der Waals surface area (Å²) in [5, 5.41) is 10.9. The quantitative estimate of drug-likeness (QED) is 0.382. The molecule has 3 aromatic rings. The van der Waals surface area contributed by atoms with E-state index in [1.165, 1.54) is 17.3 Å². The lowest BCUT2D eigenvalue weighted by molar-refractivity contribution is 0.126. The Morgan fingerprint density at radius 1 is 1.29 bits per heavy atom. The molecule has 0 radical (unpaired) electrons. The fourth-order valence-electron chi connectivity index (χ4n) is 2.21. The molecule has 0 aliphatic heterocycles. The number of aryl methyl sites for hydroxylation is 1. The molecule has 0 saturated heterocycles. The molecule has 0 amide bonds. The Hall–Kier alpha value is -1.83. The van der Waals surface area contributed by atoms with Gasteiger partial charge in [-0.2, -0.15) is 0 Å². The first kappa shape index (κ1) is 17.0. The van der Waals surface area contributed by atoms with Crippen molar-refractivity contribution >= 4 is 41.3 Å². The Morgan fingerprint density at radius 2 is 2.08 bits per heavy atom. The first-order chi connectivity index (χ1) is 11.6. The number of aliphatic hydroxyl groups excluding tert-OH is 1. The summed E-state index contributed by atoms with van der Waals surface area (Å²) in [6, 6.07) is 13.5. The Balaban J connectivity index is 1.49. The van der Waals surface area contributed by atoms with Gasteiger partial charge in [-0.1, -0.05) is 30.6 Å². The molecule has 0 aliphatic carbocycles. The summed E-state index contributed by atoms with van der Waals surface area (Å²) < 4.78 is 8.33. The van der Waals surface area contributed by atoms with Crippen molar-refractivity contribution in [2.24, 2.45) is 0 Å². The molecule has 3 rings (SSSR count). The number of rotatable bonds is 7. The highest BCUT2D eigenvalue weighted by molar-refractivity contribution is 7.99. The number of anilines is 1. The van der Waals surface area contributed by atoms with Crippen molar-refractivity contribution in [2.45, 2.75) is 18.2 Å². The summed E-state index contributed by atoms with van der Waals surface area (Å²) in [5.74, 6) is 1.22. The second-order valence-corrected chi connectivity index (χ2v) is 6.71. The van der Waals surface area contributed by atoms with Crippen molar-refractivity contribution < 1.29 is 9.84 Å². The second kappa shape index (κ2) is 7.83. The van der Waals surface area contributed by atoms with Crippen LogP contribution in [0.2, 0.25) is 0 Å². The van der Waals surface area contributed by atoms with E-state index in [9.17, 15) is 5.11 Å². The predicted molar refractivity (Wildman–Crippen MR) is 102 cm³/mol. The monoisotopic (exact) mass is 361 g/mol. The number of imidazole rings is 1. The van der Waals surface area contributed by atoms with Crippen molar-refractivity contribution in [1.82, 2.24) is 9.97 Å². The van der Waals surface area contributed by atoms with Gasteiger partial charge in [-0.05, 0) is 48.9 Å². The number of thiol groups is 1. The maximum atomic E-state index is 10.1. The number of H-pyrrole nitrogens is 1. The van der Waals surface area contributed by atoms with E-state index in [4.69, 9.17) is 4.74 Å². The van der Waals surface area contributed by atoms with E-state index in [-0.39, 0.29) is 6.61 Å². The van der Waals surface area contributed by atoms with Crippen LogP contribution < -0.4 is 9.46 Å². The first-order valence-corrected chi connectivity index (χ1v) is 8.97. The molecule has 0 aliphatic rings. The minimum absolute atomic E-state index is 0.236. The maximum absolute atomic E-state index is 10.1. The zero-order valence-electron chi connectivity index (χ0n) is 13.2. The summed E-state index contributed by atoms with van der Waals surface area (Å²) in [5.41, 5.74) is 4.03. The summed E-state index contributed by atoms with van der Waals surface area (Å²) in [4.78, 5) is 7.77. The lowest BCUT2D eigenvalue weighted by Crippen LogP contribution is -2.20. The molecule has 0 saturated carbocycles. The van der Waals surface area contributed by atoms with Crippen LogP contribution in [0.25, 0.3) is 11.0 Å². The van der Waals surface area contributed by atoms with Crippen molar-refractivity contribution in [3.63, 3.8) is 0 Å². The summed E-state index contributed by atoms with van der Waals surface area (Å²) in [6.07, 6.45) is -0.576. The van der Waals surface area contributed by atoms with Gasteiger partial charge in [0.1, 0.15) is 12.4 Å². The number of fused-ring (bicyclic) bond motifs is 1. The van der Waals surface area contributed by atoms with Gasteiger partial charge in [0.05, 0.1) is 17.1 Å². The van der Waals surface area contributed by atoms with Crippen LogP contribution >= 0.6 is 24.6 Å². The van der Waals surface area contributed by atoms with Crippen LogP contribution in [0.5, 0.6) is 5.75 Å². The van der Waals surface area contributed by atoms with Crippen LogP contribution in [0.3, 0.4) is 0 Å². The third kappa shape index (κ3) is 4.37. The summed E-state index contributed by atoms with van der Waals surface area (Å²) >= 11 is 5.46. The van der Waals surface area contributed by atoms with Crippen molar-refractivity contribution in [3.05, 3.63) is 48.0 Å². The lowest BCUT2D eigenvalue weighted by atomic mass is 10.2. The third-order valence-electron chi connectivity index (χ3n) is 3.45. The molecule has 2 aromatic carbocycles. The van der Waals surface area contributed by atoms with Gasteiger partial charge in [-0.15, -0.1) is 0 Å². The second-order valence-electron chi connectivity index (χ2n) is 5.47. The Bertz CT molecular complexity index is 805. The molecular formula is C17H19N3O2S2. The molecule has 0 fully saturated rings. The van der Waals surface area contributed by atoms with Gasteiger partial charge >= 0.3 is 0 Å². The van der Waals surface area contributed by atoms with Crippen LogP contribution in [0.15, 0.2) is 47.6 Å². The Kier molecular flexibility index (Phi) is 5.55. The van der Waals surface area contributed by atoms with Gasteiger partial charge in [0, 0.05) is 11.4 Å². The molecule has 7 heteroatoms. The predicted octanol–water partition coefficient (Wildman–Crippen LogP) is 3.66. The molecule has 1 atom stereocenters. The molecule has 24 heavy (non-hydrogen) atoms. The minimum Gasteiger partial charge on any atom is -0.491 e. The molecule has 5 nitrogen and oxygen atoms in total. The molecule has 1 aromatic heterocycles. The number of benzene rings is 2. The summed E-state index contributed by atoms with van der Waals surface area (Å²) in [6.45, 7) is 2.28. The highest BCUT2D eigenvalue weighted by atomic mass is 32.2. The van der Waals surface area contributed by atoms with E-state index in [1.807, 2.05) is 43.3 Å². The maximum Gasteiger partial charge on any atom is 0.166 e. The SMILES string of the molecule is Cc1ccc2nc(SC[C@H](O)COc3ccc(NS)cc3)[nH]c2c1. The fourth-order valence-corrected chi connectivity index (χ4v) is 3.15. The molecule has 0 bridgehead atoms. The van der Waals surface area contributed by atoms with Crippen LogP contribution in [-0.2, 0) is 0 Å². The van der Waals surface area contributed by atoms with Crippen molar-refractivity contribution in [3.8, 4) is 5.75 Å². The number of aromatic nitrogens is 2. The van der Waals surface area contributed by atoms with Gasteiger partial charge in [-0.3, -0.25) is 0 Å².